The molecule has 2 rings (SSSR count). The standard InChI is InChI=1S/C11H15NOS/c1-8(2)10-4-3-9-5-6-14(13)7-11(9)12-10/h3-4,8H,5-7H2,1-2H3. The fraction of sp³-hybridized carbons (Fsp3) is 0.545. The Morgan fingerprint density at radius 3 is 2.93 bits per heavy atom. The van der Waals surface area contributed by atoms with Crippen LogP contribution in [-0.2, 0) is 23.3 Å². The predicted octanol–water partition coefficient (Wildman–Crippen LogP) is 2.01. The zero-order chi connectivity index (χ0) is 10.1. The van der Waals surface area contributed by atoms with E-state index in [0.29, 0.717) is 11.7 Å². The molecule has 0 aromatic carbocycles. The van der Waals surface area contributed by atoms with Gasteiger partial charge in [-0.05, 0) is 28.7 Å². The average molecular weight is 209 g/mol. The second-order valence-electron chi connectivity index (χ2n) is 4.03. The summed E-state index contributed by atoms with van der Waals surface area (Å²) in [5, 5.41) is 0. The minimum atomic E-state index is -0.686. The molecule has 0 spiro atoms. The minimum Gasteiger partial charge on any atom is -0.616 e. The summed E-state index contributed by atoms with van der Waals surface area (Å²) in [4.78, 5) is 4.57. The van der Waals surface area contributed by atoms with Crippen molar-refractivity contribution in [3.8, 4) is 0 Å². The Hall–Kier alpha value is -0.540. The highest BCUT2D eigenvalue weighted by Gasteiger charge is 2.20. The van der Waals surface area contributed by atoms with Gasteiger partial charge in [-0.15, -0.1) is 0 Å². The van der Waals surface area contributed by atoms with Crippen LogP contribution in [0.2, 0.25) is 0 Å². The van der Waals surface area contributed by atoms with Crippen molar-refractivity contribution in [2.45, 2.75) is 31.9 Å². The quantitative estimate of drug-likeness (QED) is 0.663. The summed E-state index contributed by atoms with van der Waals surface area (Å²) in [6.07, 6.45) is 0.924. The molecule has 0 radical (unpaired) electrons. The molecule has 0 saturated heterocycles. The monoisotopic (exact) mass is 209 g/mol. The molecule has 1 aliphatic heterocycles. The van der Waals surface area contributed by atoms with Crippen molar-refractivity contribution in [3.05, 3.63) is 29.1 Å². The third-order valence-corrected chi connectivity index (χ3v) is 3.83. The fourth-order valence-electron chi connectivity index (χ4n) is 1.67. The third kappa shape index (κ3) is 1.93. The Kier molecular flexibility index (Phi) is 2.79. The van der Waals surface area contributed by atoms with E-state index in [2.05, 4.69) is 31.0 Å². The molecule has 1 aromatic rings. The number of rotatable bonds is 1. The summed E-state index contributed by atoms with van der Waals surface area (Å²) >= 11 is -0.686. The van der Waals surface area contributed by atoms with E-state index in [1.54, 1.807) is 0 Å². The fourth-order valence-corrected chi connectivity index (χ4v) is 2.82. The lowest BCUT2D eigenvalue weighted by molar-refractivity contribution is 0.589. The number of aryl methyl sites for hydroxylation is 1. The van der Waals surface area contributed by atoms with Gasteiger partial charge in [0.15, 0.2) is 0 Å². The highest BCUT2D eigenvalue weighted by Crippen LogP contribution is 2.21. The van der Waals surface area contributed by atoms with Crippen molar-refractivity contribution in [2.75, 3.05) is 5.75 Å². The molecule has 3 heteroatoms. The van der Waals surface area contributed by atoms with Gasteiger partial charge in [0, 0.05) is 12.1 Å². The van der Waals surface area contributed by atoms with Crippen LogP contribution in [-0.4, -0.2) is 15.3 Å². The highest BCUT2D eigenvalue weighted by molar-refractivity contribution is 7.90. The Morgan fingerprint density at radius 2 is 2.21 bits per heavy atom. The third-order valence-electron chi connectivity index (χ3n) is 2.58. The first-order chi connectivity index (χ1) is 6.66. The number of hydrogen-bond acceptors (Lipinski definition) is 2. The second kappa shape index (κ2) is 3.91. The summed E-state index contributed by atoms with van der Waals surface area (Å²) in [6, 6.07) is 4.24. The number of fused-ring (bicyclic) bond motifs is 1. The van der Waals surface area contributed by atoms with Gasteiger partial charge in [0.05, 0.1) is 5.69 Å². The van der Waals surface area contributed by atoms with Crippen molar-refractivity contribution >= 4 is 11.2 Å². The zero-order valence-electron chi connectivity index (χ0n) is 8.62. The van der Waals surface area contributed by atoms with Crippen LogP contribution in [0.1, 0.15) is 36.7 Å². The van der Waals surface area contributed by atoms with Gasteiger partial charge in [0.25, 0.3) is 0 Å². The maximum Gasteiger partial charge on any atom is 0.147 e. The van der Waals surface area contributed by atoms with Gasteiger partial charge >= 0.3 is 0 Å². The summed E-state index contributed by atoms with van der Waals surface area (Å²) in [5.41, 5.74) is 3.46. The molecular formula is C11H15NOS. The second-order valence-corrected chi connectivity index (χ2v) is 5.61. The lowest BCUT2D eigenvalue weighted by Gasteiger charge is -2.19. The van der Waals surface area contributed by atoms with E-state index >= 15 is 0 Å². The molecule has 76 valence electrons. The highest BCUT2D eigenvalue weighted by atomic mass is 32.2. The van der Waals surface area contributed by atoms with Crippen molar-refractivity contribution in [1.29, 1.82) is 0 Å². The van der Waals surface area contributed by atoms with Crippen molar-refractivity contribution < 1.29 is 4.55 Å². The van der Waals surface area contributed by atoms with Gasteiger partial charge in [-0.3, -0.25) is 4.98 Å². The first-order valence-corrected chi connectivity index (χ1v) is 6.49. The Morgan fingerprint density at radius 1 is 1.43 bits per heavy atom. The molecule has 1 aliphatic rings. The topological polar surface area (TPSA) is 36.0 Å². The lowest BCUT2D eigenvalue weighted by atomic mass is 10.1. The number of pyridine rings is 1. The molecule has 2 heterocycles. The summed E-state index contributed by atoms with van der Waals surface area (Å²) in [6.45, 7) is 4.27. The van der Waals surface area contributed by atoms with Gasteiger partial charge in [0.1, 0.15) is 11.5 Å². The van der Waals surface area contributed by atoms with E-state index in [-0.39, 0.29) is 0 Å². The molecule has 1 aromatic heterocycles. The van der Waals surface area contributed by atoms with E-state index < -0.39 is 11.2 Å². The van der Waals surface area contributed by atoms with Crippen LogP contribution in [0.5, 0.6) is 0 Å². The van der Waals surface area contributed by atoms with Crippen LogP contribution in [0, 0.1) is 0 Å². The van der Waals surface area contributed by atoms with Crippen molar-refractivity contribution in [3.63, 3.8) is 0 Å². The average Bonchev–Trinajstić information content (AvgIpc) is 2.16. The minimum absolute atomic E-state index is 0.454. The summed E-state index contributed by atoms with van der Waals surface area (Å²) in [5.74, 6) is 1.90. The Balaban J connectivity index is 2.33. The molecule has 14 heavy (non-hydrogen) atoms. The van der Waals surface area contributed by atoms with Gasteiger partial charge in [-0.2, -0.15) is 0 Å². The van der Waals surface area contributed by atoms with Crippen LogP contribution in [0.3, 0.4) is 0 Å². The molecule has 0 saturated carbocycles. The maximum atomic E-state index is 11.4. The van der Waals surface area contributed by atoms with E-state index in [4.69, 9.17) is 0 Å². The van der Waals surface area contributed by atoms with Crippen LogP contribution in [0.15, 0.2) is 12.1 Å². The Labute approximate surface area is 87.9 Å². The van der Waals surface area contributed by atoms with Crippen LogP contribution >= 0.6 is 0 Å². The van der Waals surface area contributed by atoms with Gasteiger partial charge in [-0.25, -0.2) is 0 Å². The van der Waals surface area contributed by atoms with Gasteiger partial charge in [0.2, 0.25) is 0 Å². The van der Waals surface area contributed by atoms with E-state index in [1.165, 1.54) is 5.56 Å². The number of hydrogen-bond donors (Lipinski definition) is 0. The van der Waals surface area contributed by atoms with Crippen molar-refractivity contribution in [2.24, 2.45) is 0 Å². The molecular weight excluding hydrogens is 194 g/mol. The maximum absolute atomic E-state index is 11.4. The van der Waals surface area contributed by atoms with Crippen LogP contribution in [0.25, 0.3) is 0 Å². The molecule has 0 aliphatic carbocycles. The van der Waals surface area contributed by atoms with E-state index in [1.807, 2.05) is 0 Å². The molecule has 0 bridgehead atoms. The summed E-state index contributed by atoms with van der Waals surface area (Å²) in [7, 11) is 0. The molecule has 1 unspecified atom stereocenters. The van der Waals surface area contributed by atoms with Crippen LogP contribution in [0.4, 0.5) is 0 Å². The molecule has 2 nitrogen and oxygen atoms in total. The first kappa shape index (κ1) is 9.99. The van der Waals surface area contributed by atoms with E-state index in [0.717, 1.165) is 23.6 Å². The zero-order valence-corrected chi connectivity index (χ0v) is 9.43. The largest absolute Gasteiger partial charge is 0.616 e. The number of nitrogens with zero attached hydrogens (tertiary/aromatic N) is 1. The Bertz CT molecular complexity index is 338. The smallest absolute Gasteiger partial charge is 0.147 e. The molecule has 0 N–H and O–H groups in total. The van der Waals surface area contributed by atoms with Gasteiger partial charge in [-0.1, -0.05) is 19.9 Å². The first-order valence-electron chi connectivity index (χ1n) is 5.00. The van der Waals surface area contributed by atoms with Crippen molar-refractivity contribution in [1.82, 2.24) is 4.98 Å². The predicted molar refractivity (Wildman–Crippen MR) is 58.7 cm³/mol. The summed E-state index contributed by atoms with van der Waals surface area (Å²) < 4.78 is 11.4. The number of aromatic nitrogens is 1. The molecule has 0 fully saturated rings. The molecule has 1 atom stereocenters. The normalized spacial score (nSPS) is 21.0. The van der Waals surface area contributed by atoms with E-state index in [9.17, 15) is 4.55 Å². The van der Waals surface area contributed by atoms with Gasteiger partial charge < -0.3 is 4.55 Å². The van der Waals surface area contributed by atoms with Crippen LogP contribution < -0.4 is 0 Å². The molecule has 0 amide bonds. The lowest BCUT2D eigenvalue weighted by Crippen LogP contribution is -2.20. The SMILES string of the molecule is CC(C)c1ccc2c(n1)C[S+]([O-])CC2.